The van der Waals surface area contributed by atoms with Crippen LogP contribution >= 0.6 is 34.7 Å². The second-order valence-corrected chi connectivity index (χ2v) is 9.08. The van der Waals surface area contributed by atoms with E-state index in [1.54, 1.807) is 0 Å². The molecule has 0 atom stereocenters. The van der Waals surface area contributed by atoms with Crippen LogP contribution in [0.5, 0.6) is 0 Å². The fraction of sp³-hybridized carbons (Fsp3) is 0.389. The molecule has 10 nitrogen and oxygen atoms in total. The van der Waals surface area contributed by atoms with Crippen LogP contribution in [0.4, 0.5) is 19.0 Å². The zero-order valence-electron chi connectivity index (χ0n) is 17.3. The van der Waals surface area contributed by atoms with Gasteiger partial charge in [-0.3, -0.25) is 0 Å². The summed E-state index contributed by atoms with van der Waals surface area (Å²) in [6.07, 6.45) is -4.32. The molecule has 1 aliphatic rings. The van der Waals surface area contributed by atoms with E-state index in [1.807, 2.05) is 6.92 Å². The number of aromatic nitrogens is 4. The zero-order valence-corrected chi connectivity index (χ0v) is 19.7. The number of aryl methyl sites for hydroxylation is 1. The monoisotopic (exact) mass is 539 g/mol. The van der Waals surface area contributed by atoms with Crippen LogP contribution in [0, 0.1) is 0 Å². The maximum Gasteiger partial charge on any atom is 0.490 e. The van der Waals surface area contributed by atoms with E-state index in [4.69, 9.17) is 36.3 Å². The van der Waals surface area contributed by atoms with E-state index < -0.39 is 18.1 Å². The normalized spacial score (nSPS) is 14.1. The summed E-state index contributed by atoms with van der Waals surface area (Å²) in [5.41, 5.74) is 1.61. The highest BCUT2D eigenvalue weighted by Crippen LogP contribution is 2.37. The molecule has 4 rings (SSSR count). The number of thiazole rings is 1. The van der Waals surface area contributed by atoms with Gasteiger partial charge in [0.1, 0.15) is 11.5 Å². The number of fused-ring (bicyclic) bond motifs is 1. The molecule has 0 aromatic carbocycles. The number of aliphatic carboxylic acids is 1. The molecule has 0 bridgehead atoms. The number of hydrogen-bond donors (Lipinski definition) is 3. The minimum absolute atomic E-state index is 0.0215. The Labute approximate surface area is 203 Å². The first-order chi connectivity index (χ1) is 16.0. The number of alkyl halides is 3. The molecule has 1 saturated heterocycles. The number of H-pyrrole nitrogens is 1. The average molecular weight is 540 g/mol. The number of aromatic carboxylic acids is 1. The smallest absolute Gasteiger partial charge is 0.476 e. The Morgan fingerprint density at radius 3 is 2.44 bits per heavy atom. The van der Waals surface area contributed by atoms with E-state index >= 15 is 0 Å². The van der Waals surface area contributed by atoms with Crippen molar-refractivity contribution in [2.75, 3.05) is 31.2 Å². The van der Waals surface area contributed by atoms with E-state index in [2.05, 4.69) is 19.9 Å². The van der Waals surface area contributed by atoms with Gasteiger partial charge in [-0.15, -0.1) is 11.3 Å². The van der Waals surface area contributed by atoms with Crippen molar-refractivity contribution >= 4 is 63.5 Å². The van der Waals surface area contributed by atoms with E-state index in [-0.39, 0.29) is 5.69 Å². The number of carboxylic acids is 2. The molecule has 0 spiro atoms. The molecule has 16 heteroatoms. The summed E-state index contributed by atoms with van der Waals surface area (Å²) in [5.74, 6) is -3.04. The second-order valence-electron chi connectivity index (χ2n) is 6.63. The van der Waals surface area contributed by atoms with E-state index in [0.717, 1.165) is 36.4 Å². The summed E-state index contributed by atoms with van der Waals surface area (Å²) in [6.45, 7) is 4.73. The molecule has 3 N–H and O–H groups in total. The number of nitrogens with zero attached hydrogens (tertiary/aromatic N) is 4. The Balaban J connectivity index is 0.000000406. The lowest BCUT2D eigenvalue weighted by Crippen LogP contribution is -2.37. The largest absolute Gasteiger partial charge is 0.490 e. The van der Waals surface area contributed by atoms with Crippen LogP contribution in [0.3, 0.4) is 0 Å². The highest BCUT2D eigenvalue weighted by molar-refractivity contribution is 8.00. The highest BCUT2D eigenvalue weighted by Gasteiger charge is 2.38. The molecule has 0 radical (unpaired) electrons. The number of rotatable bonds is 5. The number of carboxylic acid groups (broad SMARTS) is 2. The third kappa shape index (κ3) is 6.08. The Kier molecular flexibility index (Phi) is 8.22. The van der Waals surface area contributed by atoms with Crippen molar-refractivity contribution < 1.29 is 37.7 Å². The first kappa shape index (κ1) is 26.0. The number of halogens is 4. The van der Waals surface area contributed by atoms with Gasteiger partial charge in [0.2, 0.25) is 0 Å². The molecule has 184 valence electrons. The molecule has 1 fully saturated rings. The number of morpholine rings is 1. The molecule has 0 amide bonds. The van der Waals surface area contributed by atoms with Crippen LogP contribution in [0.15, 0.2) is 14.9 Å². The third-order valence-electron chi connectivity index (χ3n) is 4.41. The van der Waals surface area contributed by atoms with Gasteiger partial charge in [0, 0.05) is 24.2 Å². The van der Waals surface area contributed by atoms with E-state index in [9.17, 15) is 18.0 Å². The second kappa shape index (κ2) is 10.8. The maximum absolute atomic E-state index is 11.0. The minimum Gasteiger partial charge on any atom is -0.476 e. The molecular weight excluding hydrogens is 523 g/mol. The van der Waals surface area contributed by atoms with Crippen LogP contribution in [0.2, 0.25) is 5.02 Å². The quantitative estimate of drug-likeness (QED) is 0.408. The summed E-state index contributed by atoms with van der Waals surface area (Å²) in [6, 6.07) is 0. The van der Waals surface area contributed by atoms with Gasteiger partial charge in [0.15, 0.2) is 15.2 Å². The number of anilines is 1. The van der Waals surface area contributed by atoms with Crippen LogP contribution < -0.4 is 4.90 Å². The lowest BCUT2D eigenvalue weighted by atomic mass is 10.2. The van der Waals surface area contributed by atoms with Gasteiger partial charge in [-0.1, -0.05) is 18.5 Å². The lowest BCUT2D eigenvalue weighted by Gasteiger charge is -2.28. The van der Waals surface area contributed by atoms with Crippen molar-refractivity contribution in [1.82, 2.24) is 19.9 Å². The van der Waals surface area contributed by atoms with Crippen molar-refractivity contribution in [2.45, 2.75) is 29.0 Å². The van der Waals surface area contributed by atoms with Gasteiger partial charge < -0.3 is 24.8 Å². The van der Waals surface area contributed by atoms with E-state index in [1.165, 1.54) is 28.5 Å². The standard InChI is InChI=1S/C16H16ClN5O3S2.C2HF3O2/c1-2-8-11(17)10-12(18-8)20-15(21-13(10)22-3-5-25-6-4-22)27-16-19-9(7-26-16)14(23)24;3-2(4,5)1(6)7/h7H,2-6H2,1H3,(H,23,24)(H,18,20,21);(H,6,7). The minimum atomic E-state index is -5.08. The molecule has 34 heavy (non-hydrogen) atoms. The Hall–Kier alpha value is -2.62. The summed E-state index contributed by atoms with van der Waals surface area (Å²) in [4.78, 5) is 38.8. The summed E-state index contributed by atoms with van der Waals surface area (Å²) < 4.78 is 37.8. The van der Waals surface area contributed by atoms with Gasteiger partial charge >= 0.3 is 18.1 Å². The molecular formula is C18H17ClF3N5O5S2. The predicted octanol–water partition coefficient (Wildman–Crippen LogP) is 3.95. The fourth-order valence-corrected chi connectivity index (χ4v) is 4.85. The van der Waals surface area contributed by atoms with Crippen molar-refractivity contribution in [3.63, 3.8) is 0 Å². The SMILES string of the molecule is CCc1[nH]c2nc(Sc3nc(C(=O)O)cs3)nc(N3CCOCC3)c2c1Cl.O=C(O)C(F)(F)F. The van der Waals surface area contributed by atoms with E-state index in [0.29, 0.717) is 33.4 Å². The van der Waals surface area contributed by atoms with Gasteiger partial charge in [-0.25, -0.2) is 24.5 Å². The Morgan fingerprint density at radius 1 is 1.26 bits per heavy atom. The van der Waals surface area contributed by atoms with Crippen molar-refractivity contribution in [3.8, 4) is 0 Å². The first-order valence-electron chi connectivity index (χ1n) is 9.58. The molecule has 3 aromatic heterocycles. The first-order valence-corrected chi connectivity index (χ1v) is 11.7. The maximum atomic E-state index is 11.0. The number of ether oxygens (including phenoxy) is 1. The average Bonchev–Trinajstić information content (AvgIpc) is 3.38. The van der Waals surface area contributed by atoms with Crippen molar-refractivity contribution in [1.29, 1.82) is 0 Å². The number of aromatic amines is 1. The van der Waals surface area contributed by atoms with Crippen LogP contribution in [-0.4, -0.2) is 74.6 Å². The third-order valence-corrected chi connectivity index (χ3v) is 6.63. The molecule has 4 heterocycles. The van der Waals surface area contributed by atoms with Crippen LogP contribution in [0.25, 0.3) is 11.0 Å². The molecule has 0 aliphatic carbocycles. The molecule has 0 unspecified atom stereocenters. The van der Waals surface area contributed by atoms with Gasteiger partial charge in [-0.2, -0.15) is 13.2 Å². The highest BCUT2D eigenvalue weighted by atomic mass is 35.5. The fourth-order valence-electron chi connectivity index (χ4n) is 2.84. The Morgan fingerprint density at radius 2 is 1.91 bits per heavy atom. The Bertz CT molecular complexity index is 1200. The molecule has 1 aliphatic heterocycles. The van der Waals surface area contributed by atoms with Crippen molar-refractivity contribution in [2.24, 2.45) is 0 Å². The predicted molar refractivity (Wildman–Crippen MR) is 118 cm³/mol. The van der Waals surface area contributed by atoms with Gasteiger partial charge in [-0.05, 0) is 18.2 Å². The zero-order chi connectivity index (χ0) is 25.0. The van der Waals surface area contributed by atoms with Crippen LogP contribution in [0.1, 0.15) is 23.1 Å². The topological polar surface area (TPSA) is 142 Å². The number of carbonyl (C=O) groups is 2. The van der Waals surface area contributed by atoms with Gasteiger partial charge in [0.05, 0.1) is 23.6 Å². The molecule has 0 saturated carbocycles. The molecule has 3 aromatic rings. The van der Waals surface area contributed by atoms with Crippen molar-refractivity contribution in [3.05, 3.63) is 21.8 Å². The number of nitrogens with one attached hydrogen (secondary N) is 1. The summed E-state index contributed by atoms with van der Waals surface area (Å²) >= 11 is 9.08. The summed E-state index contributed by atoms with van der Waals surface area (Å²) in [7, 11) is 0. The number of hydrogen-bond acceptors (Lipinski definition) is 9. The lowest BCUT2D eigenvalue weighted by molar-refractivity contribution is -0.192. The summed E-state index contributed by atoms with van der Waals surface area (Å²) in [5, 5.41) is 19.6. The van der Waals surface area contributed by atoms with Crippen LogP contribution in [-0.2, 0) is 16.0 Å². The van der Waals surface area contributed by atoms with Gasteiger partial charge in [0.25, 0.3) is 0 Å².